The number of carbonyl (C=O) groups excluding carboxylic acids is 6. The van der Waals surface area contributed by atoms with Gasteiger partial charge in [0.15, 0.2) is 12.2 Å². The molecule has 0 radical (unpaired) electrons. The molecule has 10 aliphatic heterocycles. The maximum Gasteiger partial charge on any atom is 0.344 e. The summed E-state index contributed by atoms with van der Waals surface area (Å²) in [4.78, 5) is 106. The molecule has 0 unspecified atom stereocenters. The van der Waals surface area contributed by atoms with E-state index >= 15 is 9.59 Å². The normalized spacial score (nSPS) is 34.9. The van der Waals surface area contributed by atoms with E-state index in [9.17, 15) is 29.4 Å². The van der Waals surface area contributed by atoms with Crippen molar-refractivity contribution < 1.29 is 76.9 Å². The first kappa shape index (κ1) is 77.3. The summed E-state index contributed by atoms with van der Waals surface area (Å²) in [5.41, 5.74) is 2.10. The number of carbonyl (C=O) groups is 6. The molecule has 4 bridgehead atoms. The van der Waals surface area contributed by atoms with Crippen LogP contribution in [0.15, 0.2) is 120 Å². The van der Waals surface area contributed by atoms with Crippen LogP contribution in [-0.2, 0) is 91.9 Å². The minimum atomic E-state index is -2.27. The standard InChI is InChI=1S/2C45H54N4O8/c2*1-8-27-19-28-22-44(40(51)55-6,36-30(25-48(23-27)24-28)29-13-10-11-14-33(29)46-36)32-20-31-34(21-35(32)54-5)47(4)38-43(31)16-18-49-17-12-15-42(9-2,37(43)49)39(57-26(3)50)45(38,53)41(52)56-7/h2*10-15,19-21,28,37-39,46,53H,8-9,16-18,22-25H2,1-7H3/t2*28-,37-,38+,39+,42+,43+,44-,45-/m00/s1. The van der Waals surface area contributed by atoms with Crippen LogP contribution in [0.2, 0.25) is 0 Å². The van der Waals surface area contributed by atoms with E-state index in [4.69, 9.17) is 37.9 Å². The number of aromatic nitrogens is 2. The van der Waals surface area contributed by atoms with E-state index in [1.807, 2.05) is 74.1 Å². The van der Waals surface area contributed by atoms with E-state index in [-0.39, 0.29) is 35.9 Å². The van der Waals surface area contributed by atoms with Gasteiger partial charge in [0.2, 0.25) is 11.2 Å². The summed E-state index contributed by atoms with van der Waals surface area (Å²) >= 11 is 0. The molecule has 2 aliphatic carbocycles. The highest BCUT2D eigenvalue weighted by atomic mass is 16.6. The van der Waals surface area contributed by atoms with Gasteiger partial charge in [-0.25, -0.2) is 9.59 Å². The van der Waals surface area contributed by atoms with Crippen molar-refractivity contribution >= 4 is 69.0 Å². The number of likely N-dealkylation sites (N-methyl/N-ethyl adjacent to an activating group) is 2. The monoisotopic (exact) mass is 1560 g/mol. The van der Waals surface area contributed by atoms with E-state index in [0.717, 1.165) is 106 Å². The SMILES string of the molecule is CCC1=C[C@@H]2C[N@](C1)Cc1c([nH]c3ccccc13)[C@@](C(=O)OC)(c1cc3c(cc1OC)N(C)[C@H]1[C@@](O)(C(=O)OC)[C@H](OC(C)=O)[C@]4(CC)C=CCN5CC[C@]31[C@@H]54)C2.CCC1=C[C@@H]2C[N@](C1)Cc1c([nH]c3ccccc13)[C@@](C(=O)OC)(c1cc3c(cc1OC)N(C)[C@H]1[C@@](O)(C(=O)OC)[C@H](OC(C)=O)[C@]4(CC)C=CCN5CC[C@]31[C@@H]54)C2. The number of nitrogens with zero attached hydrogens (tertiary/aromatic N) is 6. The van der Waals surface area contributed by atoms with Gasteiger partial charge in [0.1, 0.15) is 22.3 Å². The predicted molar refractivity (Wildman–Crippen MR) is 428 cm³/mol. The van der Waals surface area contributed by atoms with Crippen LogP contribution in [0, 0.1) is 22.7 Å². The molecule has 24 nitrogen and oxygen atoms in total. The fraction of sp³-hybridized carbons (Fsp3) is 0.533. The van der Waals surface area contributed by atoms with Crippen molar-refractivity contribution in [1.82, 2.24) is 29.6 Å². The van der Waals surface area contributed by atoms with E-state index < -0.39 is 91.9 Å². The van der Waals surface area contributed by atoms with Gasteiger partial charge in [-0.2, -0.15) is 0 Å². The second kappa shape index (κ2) is 27.7. The van der Waals surface area contributed by atoms with Gasteiger partial charge >= 0.3 is 35.8 Å². The minimum Gasteiger partial charge on any atom is -0.496 e. The summed E-state index contributed by atoms with van der Waals surface area (Å²) in [6.45, 7) is 18.4. The van der Waals surface area contributed by atoms with Crippen LogP contribution in [0.3, 0.4) is 0 Å². The molecule has 4 fully saturated rings. The number of hydrogen-bond donors (Lipinski definition) is 4. The van der Waals surface area contributed by atoms with Gasteiger partial charge in [0.05, 0.1) is 54.7 Å². The molecule has 604 valence electrons. The molecule has 114 heavy (non-hydrogen) atoms. The first-order valence-electron chi connectivity index (χ1n) is 40.7. The average Bonchev–Trinajstić information content (AvgIpc) is 1.48. The number of aromatic amines is 2. The fourth-order valence-corrected chi connectivity index (χ4v) is 25.7. The molecule has 4 aromatic carbocycles. The topological polar surface area (TPSA) is 268 Å². The van der Waals surface area contributed by atoms with Gasteiger partial charge < -0.3 is 67.9 Å². The van der Waals surface area contributed by atoms with E-state index in [2.05, 4.69) is 116 Å². The third-order valence-corrected chi connectivity index (χ3v) is 29.5. The number of aliphatic hydroxyl groups is 2. The molecule has 2 spiro atoms. The van der Waals surface area contributed by atoms with Gasteiger partial charge in [-0.15, -0.1) is 0 Å². The van der Waals surface area contributed by atoms with Crippen molar-refractivity contribution in [3.8, 4) is 11.5 Å². The number of anilines is 2. The molecule has 2 saturated carbocycles. The number of rotatable bonds is 14. The molecule has 18 rings (SSSR count). The third kappa shape index (κ3) is 10.2. The molecule has 4 N–H and O–H groups in total. The van der Waals surface area contributed by atoms with Crippen molar-refractivity contribution in [3.05, 3.63) is 165 Å². The summed E-state index contributed by atoms with van der Waals surface area (Å²) in [6.07, 6.45) is 15.3. The first-order valence-corrected chi connectivity index (χ1v) is 40.7. The highest BCUT2D eigenvalue weighted by Crippen LogP contribution is 2.71. The number of fused-ring (bicyclic) bond motifs is 12. The molecule has 6 aromatic rings. The molecule has 2 saturated heterocycles. The van der Waals surface area contributed by atoms with Crippen molar-refractivity contribution in [2.75, 3.05) is 119 Å². The zero-order valence-electron chi connectivity index (χ0n) is 68.0. The van der Waals surface area contributed by atoms with Gasteiger partial charge in [-0.3, -0.25) is 38.8 Å². The number of methoxy groups -OCH3 is 6. The Morgan fingerprint density at radius 3 is 1.24 bits per heavy atom. The number of ether oxygens (including phenoxy) is 8. The quantitative estimate of drug-likeness (QED) is 0.0449. The van der Waals surface area contributed by atoms with Crippen LogP contribution in [0.5, 0.6) is 11.5 Å². The molecule has 12 aliphatic rings. The second-order valence-corrected chi connectivity index (χ2v) is 34.4. The third-order valence-electron chi connectivity index (χ3n) is 29.5. The Bertz CT molecular complexity index is 4810. The average molecular weight is 1560 g/mol. The Hall–Kier alpha value is -9.30. The lowest BCUT2D eigenvalue weighted by atomic mass is 9.47. The summed E-state index contributed by atoms with van der Waals surface area (Å²) in [5, 5.41) is 28.7. The Morgan fingerprint density at radius 1 is 0.500 bits per heavy atom. The molecule has 2 aromatic heterocycles. The Morgan fingerprint density at radius 2 is 0.886 bits per heavy atom. The molecule has 12 heterocycles. The zero-order chi connectivity index (χ0) is 80.5. The van der Waals surface area contributed by atoms with E-state index in [1.165, 1.54) is 53.4 Å². The van der Waals surface area contributed by atoms with Crippen LogP contribution in [-0.4, -0.2) is 232 Å². The number of benzene rings is 4. The summed E-state index contributed by atoms with van der Waals surface area (Å²) in [5.74, 6) is -2.62. The molecule has 0 amide bonds. The number of H-pyrrole nitrogens is 2. The Labute approximate surface area is 665 Å². The number of esters is 6. The van der Waals surface area contributed by atoms with E-state index in [0.29, 0.717) is 100 Å². The Balaban J connectivity index is 0.000000165. The minimum absolute atomic E-state index is 0.0284. The highest BCUT2D eigenvalue weighted by Gasteiger charge is 2.83. The molecule has 24 heteroatoms. The van der Waals surface area contributed by atoms with Crippen LogP contribution < -0.4 is 19.3 Å². The van der Waals surface area contributed by atoms with Crippen LogP contribution in [0.1, 0.15) is 138 Å². The number of hydrogen-bond acceptors (Lipinski definition) is 22. The number of nitrogens with one attached hydrogen (secondary N) is 2. The van der Waals surface area contributed by atoms with Gasteiger partial charge in [-0.05, 0) is 123 Å². The van der Waals surface area contributed by atoms with Crippen molar-refractivity contribution in [2.45, 2.75) is 175 Å². The number of para-hydroxylation sites is 2. The Kier molecular flexibility index (Phi) is 18.8. The largest absolute Gasteiger partial charge is 0.496 e. The predicted octanol–water partition coefficient (Wildman–Crippen LogP) is 9.51. The highest BCUT2D eigenvalue weighted by molar-refractivity contribution is 5.97. The van der Waals surface area contributed by atoms with Crippen molar-refractivity contribution in [1.29, 1.82) is 0 Å². The van der Waals surface area contributed by atoms with Crippen molar-refractivity contribution in [2.24, 2.45) is 22.7 Å². The zero-order valence-corrected chi connectivity index (χ0v) is 68.0. The van der Waals surface area contributed by atoms with Crippen LogP contribution >= 0.6 is 0 Å². The fourth-order valence-electron chi connectivity index (χ4n) is 25.7. The lowest BCUT2D eigenvalue weighted by Crippen LogP contribution is -2.81. The molecular weight excluding hydrogens is 1450 g/mol. The van der Waals surface area contributed by atoms with Crippen LogP contribution in [0.25, 0.3) is 21.8 Å². The maximum atomic E-state index is 15.2. The second-order valence-electron chi connectivity index (χ2n) is 34.4. The smallest absolute Gasteiger partial charge is 0.344 e. The van der Waals surface area contributed by atoms with Gasteiger partial charge in [0, 0.05) is 182 Å². The molecular formula is C90H108N8O16. The van der Waals surface area contributed by atoms with Gasteiger partial charge in [-0.1, -0.05) is 112 Å². The maximum absolute atomic E-state index is 15.2. The first-order chi connectivity index (χ1) is 54.8. The summed E-state index contributed by atoms with van der Waals surface area (Å²) < 4.78 is 47.8. The molecule has 18 atom stereocenters. The van der Waals surface area contributed by atoms with Crippen LogP contribution in [0.4, 0.5) is 11.4 Å². The lowest BCUT2D eigenvalue weighted by Gasteiger charge is -2.63. The van der Waals surface area contributed by atoms with E-state index in [1.54, 1.807) is 14.2 Å². The summed E-state index contributed by atoms with van der Waals surface area (Å²) in [6, 6.07) is 22.3. The lowest BCUT2D eigenvalue weighted by molar-refractivity contribution is -0.229. The van der Waals surface area contributed by atoms with Gasteiger partial charge in [0.25, 0.3) is 0 Å². The van der Waals surface area contributed by atoms with Crippen molar-refractivity contribution in [3.63, 3.8) is 0 Å². The summed E-state index contributed by atoms with van der Waals surface area (Å²) in [7, 11) is 12.4.